The van der Waals surface area contributed by atoms with Crippen molar-refractivity contribution >= 4 is 17.3 Å². The van der Waals surface area contributed by atoms with Gasteiger partial charge in [0.15, 0.2) is 0 Å². The van der Waals surface area contributed by atoms with Crippen LogP contribution in [0.3, 0.4) is 0 Å². The molecular weight excluding hydrogens is 282 g/mol. The molecule has 0 aliphatic heterocycles. The Bertz CT molecular complexity index is 578. The Balaban J connectivity index is 1.93. The third kappa shape index (κ3) is 4.98. The van der Waals surface area contributed by atoms with Gasteiger partial charge in [-0.2, -0.15) is 0 Å². The number of benzene rings is 2. The molecule has 112 valence electrons. The van der Waals surface area contributed by atoms with Crippen molar-refractivity contribution in [1.82, 2.24) is 0 Å². The van der Waals surface area contributed by atoms with Crippen molar-refractivity contribution in [2.45, 2.75) is 27.3 Å². The van der Waals surface area contributed by atoms with Crippen molar-refractivity contribution in [2.75, 3.05) is 11.9 Å². The lowest BCUT2D eigenvalue weighted by molar-refractivity contribution is 0.271. The maximum atomic E-state index is 6.02. The molecule has 0 heterocycles. The molecular formula is C18H22ClNO. The van der Waals surface area contributed by atoms with Gasteiger partial charge in [-0.05, 0) is 48.2 Å². The topological polar surface area (TPSA) is 21.3 Å². The van der Waals surface area contributed by atoms with E-state index in [-0.39, 0.29) is 0 Å². The van der Waals surface area contributed by atoms with E-state index in [2.05, 4.69) is 38.2 Å². The molecule has 2 rings (SSSR count). The molecule has 0 fully saturated rings. The molecule has 21 heavy (non-hydrogen) atoms. The van der Waals surface area contributed by atoms with E-state index in [1.165, 1.54) is 11.1 Å². The lowest BCUT2D eigenvalue weighted by Gasteiger charge is -2.11. The molecule has 0 saturated heterocycles. The van der Waals surface area contributed by atoms with Crippen molar-refractivity contribution < 1.29 is 4.74 Å². The zero-order valence-electron chi connectivity index (χ0n) is 12.8. The predicted octanol–water partition coefficient (Wildman–Crippen LogP) is 5.30. The highest BCUT2D eigenvalue weighted by atomic mass is 35.5. The van der Waals surface area contributed by atoms with Gasteiger partial charge in [0.25, 0.3) is 0 Å². The standard InChI is InChI=1S/C18H22ClNO/c1-13(2)12-21-17-8-5-15(6-9-17)11-20-18-10-16(19)7-4-14(18)3/h4-10,13,20H,11-12H2,1-3H3. The van der Waals surface area contributed by atoms with E-state index < -0.39 is 0 Å². The minimum atomic E-state index is 0.539. The summed E-state index contributed by atoms with van der Waals surface area (Å²) in [6.07, 6.45) is 0. The summed E-state index contributed by atoms with van der Waals surface area (Å²) in [5, 5.41) is 4.16. The van der Waals surface area contributed by atoms with Crippen LogP contribution in [0.1, 0.15) is 25.0 Å². The van der Waals surface area contributed by atoms with Crippen molar-refractivity contribution in [3.63, 3.8) is 0 Å². The first-order chi connectivity index (χ1) is 10.0. The average molecular weight is 304 g/mol. The smallest absolute Gasteiger partial charge is 0.119 e. The predicted molar refractivity (Wildman–Crippen MR) is 90.3 cm³/mol. The molecule has 2 aromatic rings. The Morgan fingerprint density at radius 3 is 2.48 bits per heavy atom. The van der Waals surface area contributed by atoms with E-state index in [9.17, 15) is 0 Å². The quantitative estimate of drug-likeness (QED) is 0.782. The number of hydrogen-bond donors (Lipinski definition) is 1. The fraction of sp³-hybridized carbons (Fsp3) is 0.333. The van der Waals surface area contributed by atoms with Gasteiger partial charge in [-0.3, -0.25) is 0 Å². The van der Waals surface area contributed by atoms with Crippen LogP contribution in [0.15, 0.2) is 42.5 Å². The molecule has 0 unspecified atom stereocenters. The van der Waals surface area contributed by atoms with Crippen LogP contribution in [-0.2, 0) is 6.54 Å². The zero-order chi connectivity index (χ0) is 15.2. The summed E-state index contributed by atoms with van der Waals surface area (Å²) in [6.45, 7) is 7.88. The Kier molecular flexibility index (Phi) is 5.51. The van der Waals surface area contributed by atoms with Crippen molar-refractivity contribution in [3.05, 3.63) is 58.6 Å². The van der Waals surface area contributed by atoms with Gasteiger partial charge in [-0.15, -0.1) is 0 Å². The van der Waals surface area contributed by atoms with Crippen LogP contribution < -0.4 is 10.1 Å². The van der Waals surface area contributed by atoms with Crippen LogP contribution in [0.4, 0.5) is 5.69 Å². The third-order valence-electron chi connectivity index (χ3n) is 3.19. The first-order valence-electron chi connectivity index (χ1n) is 7.26. The van der Waals surface area contributed by atoms with Crippen LogP contribution in [0.2, 0.25) is 5.02 Å². The largest absolute Gasteiger partial charge is 0.493 e. The Hall–Kier alpha value is -1.67. The number of nitrogens with one attached hydrogen (secondary N) is 1. The second-order valence-corrected chi connectivity index (χ2v) is 6.10. The third-order valence-corrected chi connectivity index (χ3v) is 3.42. The van der Waals surface area contributed by atoms with Crippen molar-refractivity contribution in [1.29, 1.82) is 0 Å². The highest BCUT2D eigenvalue weighted by Gasteiger charge is 2.01. The van der Waals surface area contributed by atoms with E-state index in [4.69, 9.17) is 16.3 Å². The summed E-state index contributed by atoms with van der Waals surface area (Å²) in [5.74, 6) is 1.46. The second kappa shape index (κ2) is 7.37. The summed E-state index contributed by atoms with van der Waals surface area (Å²) in [7, 11) is 0. The van der Waals surface area contributed by atoms with Crippen LogP contribution in [0, 0.1) is 12.8 Å². The van der Waals surface area contributed by atoms with Gasteiger partial charge in [0.1, 0.15) is 5.75 Å². The maximum absolute atomic E-state index is 6.02. The molecule has 2 aromatic carbocycles. The van der Waals surface area contributed by atoms with Gasteiger partial charge in [-0.1, -0.05) is 43.6 Å². The lowest BCUT2D eigenvalue weighted by Crippen LogP contribution is -2.05. The number of ether oxygens (including phenoxy) is 1. The summed E-state index contributed by atoms with van der Waals surface area (Å²) in [4.78, 5) is 0. The molecule has 1 N–H and O–H groups in total. The summed E-state index contributed by atoms with van der Waals surface area (Å²) < 4.78 is 5.68. The van der Waals surface area contributed by atoms with E-state index in [1.54, 1.807) is 0 Å². The van der Waals surface area contributed by atoms with Gasteiger partial charge in [0, 0.05) is 17.3 Å². The van der Waals surface area contributed by atoms with Crippen molar-refractivity contribution in [2.24, 2.45) is 5.92 Å². The SMILES string of the molecule is Cc1ccc(Cl)cc1NCc1ccc(OCC(C)C)cc1. The minimum Gasteiger partial charge on any atom is -0.493 e. The van der Waals surface area contributed by atoms with Gasteiger partial charge in [-0.25, -0.2) is 0 Å². The first kappa shape index (κ1) is 15.7. The Morgan fingerprint density at radius 2 is 1.81 bits per heavy atom. The Labute approximate surface area is 132 Å². The summed E-state index contributed by atoms with van der Waals surface area (Å²) in [5.41, 5.74) is 3.48. The van der Waals surface area contributed by atoms with Gasteiger partial charge in [0.2, 0.25) is 0 Å². The molecule has 2 nitrogen and oxygen atoms in total. The number of anilines is 1. The molecule has 0 bridgehead atoms. The van der Waals surface area contributed by atoms with Crippen LogP contribution >= 0.6 is 11.6 Å². The fourth-order valence-electron chi connectivity index (χ4n) is 1.95. The zero-order valence-corrected chi connectivity index (χ0v) is 13.6. The van der Waals surface area contributed by atoms with Crippen LogP contribution in [0.25, 0.3) is 0 Å². The molecule has 0 aromatic heterocycles. The molecule has 0 amide bonds. The number of rotatable bonds is 6. The molecule has 3 heteroatoms. The van der Waals surface area contributed by atoms with Crippen LogP contribution in [-0.4, -0.2) is 6.61 Å². The number of hydrogen-bond acceptors (Lipinski definition) is 2. The highest BCUT2D eigenvalue weighted by molar-refractivity contribution is 6.30. The number of halogens is 1. The maximum Gasteiger partial charge on any atom is 0.119 e. The fourth-order valence-corrected chi connectivity index (χ4v) is 2.12. The highest BCUT2D eigenvalue weighted by Crippen LogP contribution is 2.21. The normalized spacial score (nSPS) is 10.7. The molecule has 0 spiro atoms. The monoisotopic (exact) mass is 303 g/mol. The molecule has 0 saturated carbocycles. The average Bonchev–Trinajstić information content (AvgIpc) is 2.47. The first-order valence-corrected chi connectivity index (χ1v) is 7.64. The van der Waals surface area contributed by atoms with Crippen LogP contribution in [0.5, 0.6) is 5.75 Å². The van der Waals surface area contributed by atoms with E-state index in [1.807, 2.05) is 30.3 Å². The second-order valence-electron chi connectivity index (χ2n) is 5.66. The summed E-state index contributed by atoms with van der Waals surface area (Å²) >= 11 is 6.02. The molecule has 0 atom stereocenters. The van der Waals surface area contributed by atoms with Gasteiger partial charge >= 0.3 is 0 Å². The minimum absolute atomic E-state index is 0.539. The summed E-state index contributed by atoms with van der Waals surface area (Å²) in [6, 6.07) is 14.1. The Morgan fingerprint density at radius 1 is 1.10 bits per heavy atom. The lowest BCUT2D eigenvalue weighted by atomic mass is 10.1. The molecule has 0 aliphatic rings. The van der Waals surface area contributed by atoms with Crippen molar-refractivity contribution in [3.8, 4) is 5.75 Å². The van der Waals surface area contributed by atoms with E-state index in [0.29, 0.717) is 5.92 Å². The number of aryl methyl sites for hydroxylation is 1. The van der Waals surface area contributed by atoms with Gasteiger partial charge in [0.05, 0.1) is 6.61 Å². The molecule has 0 radical (unpaired) electrons. The van der Waals surface area contributed by atoms with E-state index in [0.717, 1.165) is 29.6 Å². The van der Waals surface area contributed by atoms with E-state index >= 15 is 0 Å². The molecule has 0 aliphatic carbocycles. The van der Waals surface area contributed by atoms with Gasteiger partial charge < -0.3 is 10.1 Å².